The van der Waals surface area contributed by atoms with Gasteiger partial charge in [0.25, 0.3) is 0 Å². The van der Waals surface area contributed by atoms with Crippen LogP contribution >= 0.6 is 0 Å². The fourth-order valence-corrected chi connectivity index (χ4v) is 4.84. The quantitative estimate of drug-likeness (QED) is 0.474. The Bertz CT molecular complexity index is 627. The maximum atomic E-state index is 10.6. The first-order valence-corrected chi connectivity index (χ1v) is 11.4. The predicted molar refractivity (Wildman–Crippen MR) is 117 cm³/mol. The first-order chi connectivity index (χ1) is 14.5. The van der Waals surface area contributed by atoms with Gasteiger partial charge in [-0.1, -0.05) is 12.8 Å². The fraction of sp³-hybridized carbons (Fsp3) is 0.739. The van der Waals surface area contributed by atoms with Crippen LogP contribution in [-0.2, 0) is 9.53 Å². The summed E-state index contributed by atoms with van der Waals surface area (Å²) in [6.45, 7) is 3.14. The van der Waals surface area contributed by atoms with Gasteiger partial charge >= 0.3 is 5.97 Å². The van der Waals surface area contributed by atoms with Crippen molar-refractivity contribution in [2.24, 2.45) is 5.92 Å². The van der Waals surface area contributed by atoms with E-state index in [-0.39, 0.29) is 13.2 Å². The monoisotopic (exact) mass is 419 g/mol. The molecule has 3 N–H and O–H groups in total. The molecule has 0 spiro atoms. The maximum Gasteiger partial charge on any atom is 0.329 e. The summed E-state index contributed by atoms with van der Waals surface area (Å²) in [5.41, 5.74) is 0.292. The van der Waals surface area contributed by atoms with E-state index in [2.05, 4.69) is 15.2 Å². The van der Waals surface area contributed by atoms with E-state index in [1.807, 2.05) is 24.5 Å². The van der Waals surface area contributed by atoms with Gasteiger partial charge < -0.3 is 25.2 Å². The van der Waals surface area contributed by atoms with Crippen LogP contribution in [0.2, 0.25) is 0 Å². The highest BCUT2D eigenvalue weighted by Crippen LogP contribution is 2.33. The van der Waals surface area contributed by atoms with Gasteiger partial charge in [0, 0.05) is 30.7 Å². The minimum absolute atomic E-state index is 0.129. The van der Waals surface area contributed by atoms with Gasteiger partial charge in [0.2, 0.25) is 0 Å². The van der Waals surface area contributed by atoms with Gasteiger partial charge in [-0.3, -0.25) is 4.98 Å². The Morgan fingerprint density at radius 2 is 1.87 bits per heavy atom. The highest BCUT2D eigenvalue weighted by molar-refractivity contribution is 5.67. The number of carboxylic acid groups (broad SMARTS) is 1. The maximum absolute atomic E-state index is 10.6. The second-order valence-corrected chi connectivity index (χ2v) is 8.98. The Labute approximate surface area is 179 Å². The Balaban J connectivity index is 1.25. The summed E-state index contributed by atoms with van der Waals surface area (Å²) < 4.78 is 5.14. The van der Waals surface area contributed by atoms with Crippen LogP contribution in [0.5, 0.6) is 0 Å². The van der Waals surface area contributed by atoms with Crippen LogP contribution in [0.1, 0.15) is 57.8 Å². The Hall–Kier alpha value is -1.70. The molecule has 0 atom stereocenters. The molecule has 30 heavy (non-hydrogen) atoms. The van der Waals surface area contributed by atoms with Gasteiger partial charge in [-0.15, -0.1) is 0 Å². The van der Waals surface area contributed by atoms with Crippen molar-refractivity contribution in [3.8, 4) is 0 Å². The second kappa shape index (κ2) is 11.6. The van der Waals surface area contributed by atoms with Crippen molar-refractivity contribution >= 4 is 11.7 Å². The van der Waals surface area contributed by atoms with Crippen LogP contribution in [0.3, 0.4) is 0 Å². The number of carboxylic acids is 1. The molecule has 2 heterocycles. The van der Waals surface area contributed by atoms with Gasteiger partial charge in [0.15, 0.2) is 0 Å². The minimum atomic E-state index is -0.986. The van der Waals surface area contributed by atoms with Crippen LogP contribution in [0.4, 0.5) is 5.69 Å². The lowest BCUT2D eigenvalue weighted by Crippen LogP contribution is -2.48. The van der Waals surface area contributed by atoms with E-state index in [1.54, 1.807) is 0 Å². The summed E-state index contributed by atoms with van der Waals surface area (Å²) in [5, 5.41) is 22.7. The van der Waals surface area contributed by atoms with Crippen LogP contribution in [0, 0.1) is 5.92 Å². The van der Waals surface area contributed by atoms with E-state index >= 15 is 0 Å². The number of anilines is 1. The molecular weight excluding hydrogens is 382 g/mol. The fourth-order valence-electron chi connectivity index (χ4n) is 4.84. The van der Waals surface area contributed by atoms with Gasteiger partial charge in [-0.2, -0.15) is 0 Å². The van der Waals surface area contributed by atoms with Crippen LogP contribution < -0.4 is 5.32 Å². The molecule has 1 saturated heterocycles. The minimum Gasteiger partial charge on any atom is -0.480 e. The lowest BCUT2D eigenvalue weighted by molar-refractivity contribution is -0.146. The molecule has 0 bridgehead atoms. The lowest BCUT2D eigenvalue weighted by atomic mass is 9.81. The van der Waals surface area contributed by atoms with E-state index < -0.39 is 11.6 Å². The third-order valence-corrected chi connectivity index (χ3v) is 6.70. The number of aliphatic hydroxyl groups is 1. The number of ether oxygens (including phenoxy) is 1. The number of likely N-dealkylation sites (tertiary alicyclic amines) is 1. The van der Waals surface area contributed by atoms with Gasteiger partial charge in [0.05, 0.1) is 12.2 Å². The molecule has 0 aromatic carbocycles. The molecule has 1 saturated carbocycles. The van der Waals surface area contributed by atoms with E-state index in [4.69, 9.17) is 9.84 Å². The molecule has 1 aromatic rings. The van der Waals surface area contributed by atoms with Gasteiger partial charge in [-0.25, -0.2) is 4.79 Å². The number of carbonyl (C=O) groups is 1. The smallest absolute Gasteiger partial charge is 0.329 e. The predicted octanol–water partition coefficient (Wildman–Crippen LogP) is 3.15. The zero-order valence-corrected chi connectivity index (χ0v) is 18.0. The number of unbranched alkanes of at least 4 members (excludes halogenated alkanes) is 1. The van der Waals surface area contributed by atoms with Crippen molar-refractivity contribution in [1.29, 1.82) is 0 Å². The lowest BCUT2D eigenvalue weighted by Gasteiger charge is -2.43. The summed E-state index contributed by atoms with van der Waals surface area (Å²) in [6.07, 6.45) is 13.3. The molecule has 1 aliphatic carbocycles. The first-order valence-electron chi connectivity index (χ1n) is 11.4. The average Bonchev–Trinajstić information content (AvgIpc) is 2.75. The first kappa shape index (κ1) is 23.0. The number of nitrogens with one attached hydrogen (secondary N) is 1. The van der Waals surface area contributed by atoms with Crippen molar-refractivity contribution < 1.29 is 19.7 Å². The molecule has 7 heteroatoms. The largest absolute Gasteiger partial charge is 0.480 e. The number of pyridine rings is 1. The number of nitrogens with zero attached hydrogens (tertiary/aromatic N) is 2. The Kier molecular flexibility index (Phi) is 8.90. The van der Waals surface area contributed by atoms with Gasteiger partial charge in [0.1, 0.15) is 6.61 Å². The van der Waals surface area contributed by atoms with E-state index in [1.165, 1.54) is 45.2 Å². The molecule has 3 rings (SSSR count). The molecule has 2 fully saturated rings. The third-order valence-electron chi connectivity index (χ3n) is 6.70. The Morgan fingerprint density at radius 1 is 1.17 bits per heavy atom. The zero-order valence-electron chi connectivity index (χ0n) is 18.0. The zero-order chi connectivity index (χ0) is 21.2. The number of aromatic nitrogens is 1. The summed E-state index contributed by atoms with van der Waals surface area (Å²) in [7, 11) is 0. The highest BCUT2D eigenvalue weighted by Gasteiger charge is 2.36. The number of hydrogen-bond donors (Lipinski definition) is 3. The molecular formula is C23H37N3O4. The molecule has 7 nitrogen and oxygen atoms in total. The highest BCUT2D eigenvalue weighted by atomic mass is 16.5. The molecule has 1 aromatic heterocycles. The van der Waals surface area contributed by atoms with Crippen molar-refractivity contribution in [3.63, 3.8) is 0 Å². The van der Waals surface area contributed by atoms with E-state index in [0.717, 1.165) is 31.0 Å². The molecule has 1 aliphatic heterocycles. The number of rotatable bonds is 11. The normalized spacial score (nSPS) is 25.8. The molecule has 2 aliphatic rings. The number of hydrogen-bond acceptors (Lipinski definition) is 6. The van der Waals surface area contributed by atoms with Gasteiger partial charge in [-0.05, 0) is 76.1 Å². The topological polar surface area (TPSA) is 94.9 Å². The van der Waals surface area contributed by atoms with Crippen LogP contribution in [0.25, 0.3) is 0 Å². The van der Waals surface area contributed by atoms with E-state index in [0.29, 0.717) is 18.9 Å². The van der Waals surface area contributed by atoms with Crippen LogP contribution in [-0.4, -0.2) is 70.6 Å². The number of piperidine rings is 1. The summed E-state index contributed by atoms with van der Waals surface area (Å²) in [6, 6.07) is 4.56. The summed E-state index contributed by atoms with van der Waals surface area (Å²) in [5.74, 6) is -0.146. The molecule has 0 amide bonds. The van der Waals surface area contributed by atoms with Crippen molar-refractivity contribution in [2.45, 2.75) is 69.4 Å². The van der Waals surface area contributed by atoms with Crippen LogP contribution in [0.15, 0.2) is 24.5 Å². The Morgan fingerprint density at radius 3 is 2.53 bits per heavy atom. The second-order valence-electron chi connectivity index (χ2n) is 8.98. The molecule has 0 unspecified atom stereocenters. The standard InChI is InChI=1S/C23H37N3O4/c27-22(28)17-30-18-23(29)10-4-21(5-11-23)26-15-8-19(9-16-26)3-1-2-12-25-20-6-13-24-14-7-20/h6-7,13-14,19,21,29H,1-5,8-12,15-18H2,(H,24,25)(H,27,28). The molecule has 0 radical (unpaired) electrons. The summed E-state index contributed by atoms with van der Waals surface area (Å²) in [4.78, 5) is 17.2. The van der Waals surface area contributed by atoms with Crippen molar-refractivity contribution in [1.82, 2.24) is 9.88 Å². The average molecular weight is 420 g/mol. The SMILES string of the molecule is O=C(O)COCC1(O)CCC(N2CCC(CCCCNc3ccncc3)CC2)CC1. The summed E-state index contributed by atoms with van der Waals surface area (Å²) >= 11 is 0. The number of aliphatic carboxylic acids is 1. The third kappa shape index (κ3) is 7.52. The molecule has 168 valence electrons. The van der Waals surface area contributed by atoms with Crippen molar-refractivity contribution in [3.05, 3.63) is 24.5 Å². The van der Waals surface area contributed by atoms with Crippen molar-refractivity contribution in [2.75, 3.05) is 38.2 Å². The van der Waals surface area contributed by atoms with E-state index in [9.17, 15) is 9.90 Å².